The molecule has 22 heavy (non-hydrogen) atoms. The fourth-order valence-corrected chi connectivity index (χ4v) is 2.74. The highest BCUT2D eigenvalue weighted by atomic mass is 16.5. The van der Waals surface area contributed by atoms with Gasteiger partial charge in [0.2, 0.25) is 5.91 Å². The van der Waals surface area contributed by atoms with Gasteiger partial charge in [-0.2, -0.15) is 0 Å². The van der Waals surface area contributed by atoms with Crippen LogP contribution in [0.2, 0.25) is 0 Å². The number of hydrogen-bond donors (Lipinski definition) is 1. The van der Waals surface area contributed by atoms with Crippen molar-refractivity contribution in [3.8, 4) is 0 Å². The number of hydrogen-bond acceptors (Lipinski definition) is 3. The van der Waals surface area contributed by atoms with Crippen LogP contribution in [0.3, 0.4) is 0 Å². The summed E-state index contributed by atoms with van der Waals surface area (Å²) in [4.78, 5) is 25.0. The van der Waals surface area contributed by atoms with Crippen molar-refractivity contribution in [2.75, 3.05) is 13.1 Å². The average Bonchev–Trinajstić information content (AvgIpc) is 2.52. The molecule has 1 fully saturated rings. The standard InChI is InChI=1S/C17H23NO4/c1-12(14-6-4-3-5-7-14)8-9-16(19)18-10-13(2)22-15(11-18)17(20)21/h3-7,12-13,15H,8-11H2,1-2H3,(H,20,21)/t12?,13-,15?/m1/s1. The van der Waals surface area contributed by atoms with Gasteiger partial charge < -0.3 is 14.7 Å². The summed E-state index contributed by atoms with van der Waals surface area (Å²) >= 11 is 0. The van der Waals surface area contributed by atoms with Crippen LogP contribution in [-0.2, 0) is 14.3 Å². The Balaban J connectivity index is 1.87. The highest BCUT2D eigenvalue weighted by Crippen LogP contribution is 2.21. The molecular formula is C17H23NO4. The monoisotopic (exact) mass is 305 g/mol. The number of morpholine rings is 1. The van der Waals surface area contributed by atoms with E-state index in [9.17, 15) is 9.59 Å². The maximum absolute atomic E-state index is 12.3. The molecule has 1 N–H and O–H groups in total. The number of carbonyl (C=O) groups excluding carboxylic acids is 1. The SMILES string of the molecule is CC(CCC(=O)N1CC(C(=O)O)O[C@H](C)C1)c1ccccc1. The Hall–Kier alpha value is -1.88. The van der Waals surface area contributed by atoms with E-state index in [1.54, 1.807) is 11.8 Å². The zero-order valence-electron chi connectivity index (χ0n) is 13.1. The zero-order valence-corrected chi connectivity index (χ0v) is 13.1. The van der Waals surface area contributed by atoms with Crippen LogP contribution >= 0.6 is 0 Å². The molecule has 0 aliphatic carbocycles. The normalized spacial score (nSPS) is 23.1. The van der Waals surface area contributed by atoms with Crippen LogP contribution in [0.5, 0.6) is 0 Å². The fraction of sp³-hybridized carbons (Fsp3) is 0.529. The Morgan fingerprint density at radius 2 is 2.00 bits per heavy atom. The zero-order chi connectivity index (χ0) is 16.1. The van der Waals surface area contributed by atoms with Crippen LogP contribution in [0.25, 0.3) is 0 Å². The van der Waals surface area contributed by atoms with Gasteiger partial charge in [-0.15, -0.1) is 0 Å². The molecule has 0 spiro atoms. The number of ether oxygens (including phenoxy) is 1. The smallest absolute Gasteiger partial charge is 0.334 e. The minimum Gasteiger partial charge on any atom is -0.479 e. The van der Waals surface area contributed by atoms with Crippen molar-refractivity contribution in [1.29, 1.82) is 0 Å². The Morgan fingerprint density at radius 3 is 2.64 bits per heavy atom. The van der Waals surface area contributed by atoms with Gasteiger partial charge in [-0.25, -0.2) is 4.79 Å². The number of rotatable bonds is 5. The molecule has 5 nitrogen and oxygen atoms in total. The van der Waals surface area contributed by atoms with Crippen molar-refractivity contribution < 1.29 is 19.4 Å². The average molecular weight is 305 g/mol. The summed E-state index contributed by atoms with van der Waals surface area (Å²) < 4.78 is 5.33. The van der Waals surface area contributed by atoms with Crippen LogP contribution in [0.4, 0.5) is 0 Å². The third-order valence-corrected chi connectivity index (χ3v) is 4.05. The lowest BCUT2D eigenvalue weighted by atomic mass is 9.96. The van der Waals surface area contributed by atoms with E-state index in [4.69, 9.17) is 9.84 Å². The molecule has 1 aromatic rings. The first-order valence-electron chi connectivity index (χ1n) is 7.68. The lowest BCUT2D eigenvalue weighted by Crippen LogP contribution is -2.51. The van der Waals surface area contributed by atoms with E-state index in [2.05, 4.69) is 19.1 Å². The Kier molecular flexibility index (Phi) is 5.55. The van der Waals surface area contributed by atoms with Crippen molar-refractivity contribution in [3.05, 3.63) is 35.9 Å². The van der Waals surface area contributed by atoms with Crippen molar-refractivity contribution >= 4 is 11.9 Å². The molecule has 1 aromatic carbocycles. The molecular weight excluding hydrogens is 282 g/mol. The third-order valence-electron chi connectivity index (χ3n) is 4.05. The second-order valence-corrected chi connectivity index (χ2v) is 5.92. The van der Waals surface area contributed by atoms with Crippen LogP contribution in [-0.4, -0.2) is 47.2 Å². The first-order chi connectivity index (χ1) is 10.5. The minimum atomic E-state index is -1.01. The van der Waals surface area contributed by atoms with E-state index < -0.39 is 12.1 Å². The lowest BCUT2D eigenvalue weighted by molar-refractivity contribution is -0.166. The summed E-state index contributed by atoms with van der Waals surface area (Å²) in [6.07, 6.45) is 0.0196. The molecule has 1 aliphatic rings. The minimum absolute atomic E-state index is 0.00387. The molecule has 0 aromatic heterocycles. The molecule has 3 atom stereocenters. The molecule has 2 unspecified atom stereocenters. The van der Waals surface area contributed by atoms with Gasteiger partial charge in [0.1, 0.15) is 0 Å². The number of amides is 1. The van der Waals surface area contributed by atoms with E-state index in [0.717, 1.165) is 6.42 Å². The molecule has 1 saturated heterocycles. The van der Waals surface area contributed by atoms with E-state index >= 15 is 0 Å². The first kappa shape index (κ1) is 16.5. The quantitative estimate of drug-likeness (QED) is 0.906. The Morgan fingerprint density at radius 1 is 1.32 bits per heavy atom. The van der Waals surface area contributed by atoms with Crippen molar-refractivity contribution in [3.63, 3.8) is 0 Å². The van der Waals surface area contributed by atoms with E-state index in [1.165, 1.54) is 5.56 Å². The molecule has 2 rings (SSSR count). The predicted octanol–water partition coefficient (Wildman–Crippen LogP) is 2.27. The van der Waals surface area contributed by atoms with Crippen molar-refractivity contribution in [2.45, 2.75) is 44.8 Å². The van der Waals surface area contributed by atoms with Crippen LogP contribution in [0.15, 0.2) is 30.3 Å². The first-order valence-corrected chi connectivity index (χ1v) is 7.68. The van der Waals surface area contributed by atoms with E-state index in [-0.39, 0.29) is 18.6 Å². The van der Waals surface area contributed by atoms with Gasteiger partial charge in [0.15, 0.2) is 6.10 Å². The molecule has 0 saturated carbocycles. The fourth-order valence-electron chi connectivity index (χ4n) is 2.74. The largest absolute Gasteiger partial charge is 0.479 e. The van der Waals surface area contributed by atoms with Crippen molar-refractivity contribution in [1.82, 2.24) is 4.90 Å². The summed E-state index contributed by atoms with van der Waals surface area (Å²) in [6.45, 7) is 4.49. The molecule has 5 heteroatoms. The highest BCUT2D eigenvalue weighted by molar-refractivity contribution is 5.78. The molecule has 0 bridgehead atoms. The summed E-state index contributed by atoms with van der Waals surface area (Å²) in [6, 6.07) is 10.1. The van der Waals surface area contributed by atoms with Gasteiger partial charge >= 0.3 is 5.97 Å². The summed E-state index contributed by atoms with van der Waals surface area (Å²) in [5, 5.41) is 9.06. The number of carbonyl (C=O) groups is 2. The molecule has 1 aliphatic heterocycles. The Bertz CT molecular complexity index is 517. The number of carboxylic acids is 1. The van der Waals surface area contributed by atoms with E-state index in [0.29, 0.717) is 18.9 Å². The van der Waals surface area contributed by atoms with Crippen LogP contribution in [0, 0.1) is 0 Å². The van der Waals surface area contributed by atoms with Crippen LogP contribution < -0.4 is 0 Å². The summed E-state index contributed by atoms with van der Waals surface area (Å²) in [5.74, 6) is -0.704. The lowest BCUT2D eigenvalue weighted by Gasteiger charge is -2.35. The number of aliphatic carboxylic acids is 1. The summed E-state index contributed by atoms with van der Waals surface area (Å²) in [5.41, 5.74) is 1.22. The summed E-state index contributed by atoms with van der Waals surface area (Å²) in [7, 11) is 0. The number of carboxylic acid groups (broad SMARTS) is 1. The van der Waals surface area contributed by atoms with Gasteiger partial charge in [-0.1, -0.05) is 37.3 Å². The van der Waals surface area contributed by atoms with E-state index in [1.807, 2.05) is 18.2 Å². The molecule has 1 amide bonds. The maximum atomic E-state index is 12.3. The topological polar surface area (TPSA) is 66.8 Å². The van der Waals surface area contributed by atoms with Gasteiger partial charge in [0.25, 0.3) is 0 Å². The molecule has 120 valence electrons. The number of benzene rings is 1. The van der Waals surface area contributed by atoms with Crippen LogP contribution in [0.1, 0.15) is 38.2 Å². The molecule has 0 radical (unpaired) electrons. The predicted molar refractivity (Wildman–Crippen MR) is 82.6 cm³/mol. The highest BCUT2D eigenvalue weighted by Gasteiger charge is 2.32. The maximum Gasteiger partial charge on any atom is 0.334 e. The van der Waals surface area contributed by atoms with Gasteiger partial charge in [0, 0.05) is 13.0 Å². The van der Waals surface area contributed by atoms with Gasteiger partial charge in [-0.3, -0.25) is 4.79 Å². The van der Waals surface area contributed by atoms with Crippen molar-refractivity contribution in [2.24, 2.45) is 0 Å². The second kappa shape index (κ2) is 7.40. The third kappa shape index (κ3) is 4.31. The molecule has 1 heterocycles. The Labute approximate surface area is 130 Å². The second-order valence-electron chi connectivity index (χ2n) is 5.92. The number of nitrogens with zero attached hydrogens (tertiary/aromatic N) is 1. The van der Waals surface area contributed by atoms with Gasteiger partial charge in [-0.05, 0) is 24.8 Å². The van der Waals surface area contributed by atoms with Gasteiger partial charge in [0.05, 0.1) is 12.6 Å².